The summed E-state index contributed by atoms with van der Waals surface area (Å²) in [5.74, 6) is -0.336. The van der Waals surface area contributed by atoms with Crippen molar-refractivity contribution in [1.82, 2.24) is 4.57 Å². The van der Waals surface area contributed by atoms with Crippen LogP contribution in [0.3, 0.4) is 0 Å². The molecule has 0 spiro atoms. The fraction of sp³-hybridized carbons (Fsp3) is 0. The Morgan fingerprint density at radius 1 is 0.880 bits per heavy atom. The number of fused-ring (bicyclic) bond motifs is 1. The molecule has 0 saturated carbocycles. The first kappa shape index (κ1) is 15.4. The van der Waals surface area contributed by atoms with Gasteiger partial charge in [0.15, 0.2) is 0 Å². The van der Waals surface area contributed by atoms with E-state index >= 15 is 0 Å². The molecule has 0 radical (unpaired) electrons. The molecule has 0 amide bonds. The van der Waals surface area contributed by atoms with Gasteiger partial charge in [-0.15, -0.1) is 0 Å². The van der Waals surface area contributed by atoms with Crippen LogP contribution in [0.15, 0.2) is 83.8 Å². The molecule has 122 valence electrons. The molecule has 2 aromatic carbocycles. The van der Waals surface area contributed by atoms with Gasteiger partial charge in [-0.3, -0.25) is 0 Å². The molecule has 0 aliphatic carbocycles. The van der Waals surface area contributed by atoms with E-state index in [1.807, 2.05) is 6.07 Å². The number of aromatic nitrogens is 2. The summed E-state index contributed by atoms with van der Waals surface area (Å²) >= 11 is 5.97. The summed E-state index contributed by atoms with van der Waals surface area (Å²) in [5, 5.41) is 13.5. The van der Waals surface area contributed by atoms with E-state index < -0.39 is 0 Å². The predicted molar refractivity (Wildman–Crippen MR) is 95.1 cm³/mol. The third kappa shape index (κ3) is 2.57. The van der Waals surface area contributed by atoms with Gasteiger partial charge < -0.3 is 5.11 Å². The largest absolute Gasteiger partial charge is 0.841 e. The minimum absolute atomic E-state index is 0.138. The van der Waals surface area contributed by atoms with E-state index in [0.29, 0.717) is 21.9 Å². The van der Waals surface area contributed by atoms with E-state index in [-0.39, 0.29) is 17.0 Å². The fourth-order valence-corrected chi connectivity index (χ4v) is 3.03. The van der Waals surface area contributed by atoms with Crippen molar-refractivity contribution in [3.8, 4) is 22.7 Å². The van der Waals surface area contributed by atoms with Crippen molar-refractivity contribution in [3.63, 3.8) is 0 Å². The Morgan fingerprint density at radius 2 is 1.56 bits per heavy atom. The summed E-state index contributed by atoms with van der Waals surface area (Å²) in [5.41, 5.74) is 1.53. The maximum atomic E-state index is 13.2. The molecule has 2 heterocycles. The molecule has 4 nitrogen and oxygen atoms in total. The Labute approximate surface area is 148 Å². The second kappa shape index (κ2) is 6.07. The van der Waals surface area contributed by atoms with E-state index in [1.165, 1.54) is 8.97 Å². The molecule has 0 saturated heterocycles. The Morgan fingerprint density at radius 3 is 2.28 bits per heavy atom. The average molecular weight is 349 g/mol. The van der Waals surface area contributed by atoms with E-state index in [1.54, 1.807) is 72.9 Å². The van der Waals surface area contributed by atoms with Crippen LogP contribution in [0.25, 0.3) is 22.5 Å². The zero-order valence-electron chi connectivity index (χ0n) is 13.1. The second-order valence-corrected chi connectivity index (χ2v) is 6.03. The Bertz CT molecular complexity index is 1120. The first-order valence-electron chi connectivity index (χ1n) is 7.74. The smallest absolute Gasteiger partial charge is 0.350 e. The summed E-state index contributed by atoms with van der Waals surface area (Å²) in [4.78, 5) is 13.2. The zero-order valence-corrected chi connectivity index (χ0v) is 13.9. The highest BCUT2D eigenvalue weighted by Gasteiger charge is 2.21. The molecular weight excluding hydrogens is 336 g/mol. The summed E-state index contributed by atoms with van der Waals surface area (Å²) < 4.78 is 3.01. The maximum Gasteiger partial charge on any atom is 0.350 e. The summed E-state index contributed by atoms with van der Waals surface area (Å²) in [6.45, 7) is 0. The van der Waals surface area contributed by atoms with Crippen LogP contribution >= 0.6 is 11.6 Å². The molecular formula is C20H13ClN2O2. The van der Waals surface area contributed by atoms with Gasteiger partial charge in [0.25, 0.3) is 5.65 Å². The number of nitrogens with zero attached hydrogens (tertiary/aromatic N) is 2. The van der Waals surface area contributed by atoms with Crippen LogP contribution in [-0.2, 0) is 0 Å². The van der Waals surface area contributed by atoms with E-state index in [2.05, 4.69) is 0 Å². The normalized spacial score (nSPS) is 10.9. The number of pyridine rings is 1. The molecule has 25 heavy (non-hydrogen) atoms. The van der Waals surface area contributed by atoms with Crippen molar-refractivity contribution in [2.75, 3.05) is 0 Å². The molecule has 0 aliphatic heterocycles. The van der Waals surface area contributed by atoms with Gasteiger partial charge in [-0.2, -0.15) is 4.57 Å². The van der Waals surface area contributed by atoms with E-state index in [4.69, 9.17) is 11.6 Å². The van der Waals surface area contributed by atoms with Gasteiger partial charge in [0.1, 0.15) is 11.3 Å². The number of rotatable bonds is 2. The van der Waals surface area contributed by atoms with Crippen molar-refractivity contribution in [3.05, 3.63) is 94.4 Å². The van der Waals surface area contributed by atoms with Crippen molar-refractivity contribution < 1.29 is 9.51 Å². The minimum Gasteiger partial charge on any atom is -0.841 e. The quantitative estimate of drug-likeness (QED) is 0.523. The Kier molecular flexibility index (Phi) is 3.75. The highest BCUT2D eigenvalue weighted by molar-refractivity contribution is 6.30. The van der Waals surface area contributed by atoms with Crippen molar-refractivity contribution in [1.29, 1.82) is 0 Å². The van der Waals surface area contributed by atoms with Crippen molar-refractivity contribution >= 4 is 17.2 Å². The van der Waals surface area contributed by atoms with Crippen LogP contribution in [0, 0.1) is 0 Å². The lowest BCUT2D eigenvalue weighted by molar-refractivity contribution is -0.587. The number of hydrogen-bond acceptors (Lipinski definition) is 2. The Hall–Kier alpha value is -3.11. The highest BCUT2D eigenvalue weighted by Crippen LogP contribution is 2.22. The maximum absolute atomic E-state index is 13.2. The molecule has 0 atom stereocenters. The highest BCUT2D eigenvalue weighted by atomic mass is 35.5. The number of halogens is 1. The van der Waals surface area contributed by atoms with Gasteiger partial charge >= 0.3 is 5.56 Å². The first-order valence-corrected chi connectivity index (χ1v) is 8.12. The topological polar surface area (TPSA) is 49.2 Å². The molecule has 0 N–H and O–H groups in total. The van der Waals surface area contributed by atoms with Crippen LogP contribution in [0.4, 0.5) is 0 Å². The van der Waals surface area contributed by atoms with Gasteiger partial charge in [-0.05, 0) is 35.9 Å². The van der Waals surface area contributed by atoms with Gasteiger partial charge in [-0.1, -0.05) is 48.0 Å². The van der Waals surface area contributed by atoms with Crippen LogP contribution in [0.2, 0.25) is 5.02 Å². The lowest BCUT2D eigenvalue weighted by Crippen LogP contribution is -2.37. The third-order valence-electron chi connectivity index (χ3n) is 4.06. The van der Waals surface area contributed by atoms with Crippen LogP contribution < -0.4 is 15.1 Å². The number of hydrogen-bond donors (Lipinski definition) is 0. The van der Waals surface area contributed by atoms with E-state index in [9.17, 15) is 9.90 Å². The third-order valence-corrected chi connectivity index (χ3v) is 4.32. The van der Waals surface area contributed by atoms with Gasteiger partial charge in [0.05, 0.1) is 12.1 Å². The SMILES string of the molecule is O=c1c(-c2ccccc2)c([O-])[n+]2ccccc2n1-c1ccc(Cl)cc1. The lowest BCUT2D eigenvalue weighted by Gasteiger charge is -2.14. The Balaban J connectivity index is 2.15. The minimum atomic E-state index is -0.357. The molecule has 4 aromatic rings. The first-order chi connectivity index (χ1) is 12.2. The lowest BCUT2D eigenvalue weighted by atomic mass is 10.1. The second-order valence-electron chi connectivity index (χ2n) is 5.59. The van der Waals surface area contributed by atoms with E-state index in [0.717, 1.165) is 0 Å². The van der Waals surface area contributed by atoms with Crippen LogP contribution in [-0.4, -0.2) is 4.57 Å². The molecule has 2 aromatic heterocycles. The fourth-order valence-electron chi connectivity index (χ4n) is 2.91. The summed E-state index contributed by atoms with van der Waals surface area (Å²) in [6.07, 6.45) is 1.66. The number of benzene rings is 2. The molecule has 4 rings (SSSR count). The van der Waals surface area contributed by atoms with Crippen molar-refractivity contribution in [2.45, 2.75) is 0 Å². The molecule has 5 heteroatoms. The molecule has 0 fully saturated rings. The van der Waals surface area contributed by atoms with Crippen LogP contribution in [0.5, 0.6) is 5.88 Å². The predicted octanol–water partition coefficient (Wildman–Crippen LogP) is 2.97. The summed E-state index contributed by atoms with van der Waals surface area (Å²) in [7, 11) is 0. The van der Waals surface area contributed by atoms with Crippen LogP contribution in [0.1, 0.15) is 0 Å². The van der Waals surface area contributed by atoms with Gasteiger partial charge in [0.2, 0.25) is 0 Å². The monoisotopic (exact) mass is 348 g/mol. The van der Waals surface area contributed by atoms with Gasteiger partial charge in [-0.25, -0.2) is 9.20 Å². The standard InChI is InChI=1S/C20H13ClN2O2/c21-15-9-11-16(12-10-15)23-17-8-4-5-13-22(17)19(24)18(20(23)25)14-6-2-1-3-7-14/h1-13H. The van der Waals surface area contributed by atoms with Crippen molar-refractivity contribution in [2.24, 2.45) is 0 Å². The molecule has 0 unspecified atom stereocenters. The summed E-state index contributed by atoms with van der Waals surface area (Å²) in [6, 6.07) is 21.2. The molecule has 0 bridgehead atoms. The zero-order chi connectivity index (χ0) is 17.4. The average Bonchev–Trinajstić information content (AvgIpc) is 2.64. The molecule has 0 aliphatic rings. The van der Waals surface area contributed by atoms with Gasteiger partial charge in [0, 0.05) is 11.1 Å².